The molecule has 6 nitrogen and oxygen atoms in total. The molecule has 118 valence electrons. The first kappa shape index (κ1) is 19.1. The molecular weight excluding hydrogens is 282 g/mol. The largest absolute Gasteiger partial charge is 0.480 e. The highest BCUT2D eigenvalue weighted by Crippen LogP contribution is 2.10. The van der Waals surface area contributed by atoms with Crippen molar-refractivity contribution < 1.29 is 24.5 Å². The summed E-state index contributed by atoms with van der Waals surface area (Å²) in [5.41, 5.74) is -0.654. The van der Waals surface area contributed by atoms with Gasteiger partial charge in [-0.25, -0.2) is 9.59 Å². The smallest absolute Gasteiger partial charge is 0.408 e. The van der Waals surface area contributed by atoms with Gasteiger partial charge in [-0.05, 0) is 52.0 Å². The van der Waals surface area contributed by atoms with E-state index in [4.69, 9.17) is 14.9 Å². The third-order valence-corrected chi connectivity index (χ3v) is 3.27. The van der Waals surface area contributed by atoms with Crippen molar-refractivity contribution in [1.29, 1.82) is 0 Å². The van der Waals surface area contributed by atoms with Gasteiger partial charge in [0.05, 0.1) is 6.10 Å². The van der Waals surface area contributed by atoms with Gasteiger partial charge in [0, 0.05) is 0 Å². The second kappa shape index (κ2) is 9.07. The van der Waals surface area contributed by atoms with Crippen LogP contribution in [0.5, 0.6) is 0 Å². The number of carbonyl (C=O) groups is 2. The Labute approximate surface area is 124 Å². The average molecular weight is 307 g/mol. The topological polar surface area (TPSA) is 95.9 Å². The molecule has 0 aliphatic heterocycles. The third kappa shape index (κ3) is 10.9. The Morgan fingerprint density at radius 3 is 2.25 bits per heavy atom. The second-order valence-electron chi connectivity index (χ2n) is 5.58. The minimum Gasteiger partial charge on any atom is -0.480 e. The van der Waals surface area contributed by atoms with E-state index in [1.807, 2.05) is 0 Å². The van der Waals surface area contributed by atoms with Gasteiger partial charge < -0.3 is 20.3 Å². The third-order valence-electron chi connectivity index (χ3n) is 2.22. The normalized spacial score (nSPS) is 14.4. The first-order valence-electron chi connectivity index (χ1n) is 6.60. The average Bonchev–Trinajstić information content (AvgIpc) is 2.23. The summed E-state index contributed by atoms with van der Waals surface area (Å²) in [5, 5.41) is 20.5. The molecule has 2 unspecified atom stereocenters. The maximum Gasteiger partial charge on any atom is 0.408 e. The zero-order valence-corrected chi connectivity index (χ0v) is 13.3. The number of aliphatic hydroxyl groups is 1. The van der Waals surface area contributed by atoms with E-state index >= 15 is 0 Å². The standard InChI is InChI=1S/C13H25NO5S/c1-9(15)5-7-20-8-6-10(11(16)17)14-12(18)19-13(2,3)4/h9-10,15H,5-8H2,1-4H3,(H,14,18)(H,16,17). The highest BCUT2D eigenvalue weighted by molar-refractivity contribution is 7.99. The number of aliphatic carboxylic acids is 1. The molecule has 0 bridgehead atoms. The van der Waals surface area contributed by atoms with Gasteiger partial charge in [0.25, 0.3) is 0 Å². The number of rotatable bonds is 8. The molecule has 0 spiro atoms. The SMILES string of the molecule is CC(O)CCSCCC(NC(=O)OC(C)(C)C)C(=O)O. The van der Waals surface area contributed by atoms with Crippen LogP contribution in [0.15, 0.2) is 0 Å². The van der Waals surface area contributed by atoms with Crippen LogP contribution in [0.3, 0.4) is 0 Å². The molecule has 0 saturated carbocycles. The predicted octanol–water partition coefficient (Wildman–Crippen LogP) is 1.86. The van der Waals surface area contributed by atoms with Gasteiger partial charge in [0.2, 0.25) is 0 Å². The molecule has 20 heavy (non-hydrogen) atoms. The van der Waals surface area contributed by atoms with Crippen LogP contribution < -0.4 is 5.32 Å². The van der Waals surface area contributed by atoms with Crippen molar-refractivity contribution in [3.05, 3.63) is 0 Å². The zero-order valence-electron chi connectivity index (χ0n) is 12.5. The molecular formula is C13H25NO5S. The summed E-state index contributed by atoms with van der Waals surface area (Å²) in [5.74, 6) is 0.280. The van der Waals surface area contributed by atoms with E-state index in [-0.39, 0.29) is 6.10 Å². The van der Waals surface area contributed by atoms with E-state index < -0.39 is 23.7 Å². The van der Waals surface area contributed by atoms with Crippen LogP contribution in [0, 0.1) is 0 Å². The first-order chi connectivity index (χ1) is 9.11. The number of hydrogen-bond donors (Lipinski definition) is 3. The predicted molar refractivity (Wildman–Crippen MR) is 79.0 cm³/mol. The summed E-state index contributed by atoms with van der Waals surface area (Å²) < 4.78 is 5.02. The molecule has 0 aliphatic carbocycles. The first-order valence-corrected chi connectivity index (χ1v) is 7.75. The number of aliphatic hydroxyl groups excluding tert-OH is 1. The van der Waals surface area contributed by atoms with Gasteiger partial charge in [-0.3, -0.25) is 0 Å². The maximum atomic E-state index is 11.5. The Bertz CT molecular complexity index is 314. The van der Waals surface area contributed by atoms with E-state index in [9.17, 15) is 9.59 Å². The van der Waals surface area contributed by atoms with Crippen molar-refractivity contribution in [2.24, 2.45) is 0 Å². The quantitative estimate of drug-likeness (QED) is 0.592. The molecule has 3 N–H and O–H groups in total. The number of carboxylic acid groups (broad SMARTS) is 1. The molecule has 0 saturated heterocycles. The van der Waals surface area contributed by atoms with Gasteiger partial charge in [-0.15, -0.1) is 0 Å². The van der Waals surface area contributed by atoms with Crippen LogP contribution in [-0.2, 0) is 9.53 Å². The van der Waals surface area contributed by atoms with E-state index in [1.54, 1.807) is 39.5 Å². The number of nitrogens with one attached hydrogen (secondary N) is 1. The fourth-order valence-electron chi connectivity index (χ4n) is 1.26. The van der Waals surface area contributed by atoms with Gasteiger partial charge in [-0.2, -0.15) is 11.8 Å². The molecule has 0 aliphatic rings. The van der Waals surface area contributed by atoms with Gasteiger partial charge in [-0.1, -0.05) is 0 Å². The minimum absolute atomic E-state index is 0.319. The maximum absolute atomic E-state index is 11.5. The Kier molecular flexibility index (Phi) is 8.64. The van der Waals surface area contributed by atoms with Crippen LogP contribution in [0.25, 0.3) is 0 Å². The van der Waals surface area contributed by atoms with Crippen molar-refractivity contribution in [2.75, 3.05) is 11.5 Å². The van der Waals surface area contributed by atoms with Crippen LogP contribution in [-0.4, -0.2) is 51.5 Å². The number of carboxylic acids is 1. The van der Waals surface area contributed by atoms with Crippen molar-refractivity contribution in [2.45, 2.75) is 58.3 Å². The van der Waals surface area contributed by atoms with Gasteiger partial charge in [0.15, 0.2) is 0 Å². The van der Waals surface area contributed by atoms with Crippen molar-refractivity contribution in [3.63, 3.8) is 0 Å². The van der Waals surface area contributed by atoms with Crippen molar-refractivity contribution >= 4 is 23.8 Å². The van der Waals surface area contributed by atoms with Crippen LogP contribution >= 0.6 is 11.8 Å². The monoisotopic (exact) mass is 307 g/mol. The lowest BCUT2D eigenvalue weighted by Crippen LogP contribution is -2.43. The van der Waals surface area contributed by atoms with Crippen LogP contribution in [0.2, 0.25) is 0 Å². The highest BCUT2D eigenvalue weighted by Gasteiger charge is 2.23. The summed E-state index contributed by atoms with van der Waals surface area (Å²) in [6, 6.07) is -0.955. The molecule has 0 aromatic rings. The fraction of sp³-hybridized carbons (Fsp3) is 0.846. The zero-order chi connectivity index (χ0) is 15.8. The summed E-state index contributed by atoms with van der Waals surface area (Å²) in [6.07, 6.45) is -0.0856. The number of carbonyl (C=O) groups excluding carboxylic acids is 1. The Balaban J connectivity index is 4.05. The Morgan fingerprint density at radius 1 is 1.25 bits per heavy atom. The lowest BCUT2D eigenvalue weighted by molar-refractivity contribution is -0.139. The number of ether oxygens (including phenoxy) is 1. The number of hydrogen-bond acceptors (Lipinski definition) is 5. The number of amides is 1. The summed E-state index contributed by atoms with van der Waals surface area (Å²) in [4.78, 5) is 22.6. The van der Waals surface area contributed by atoms with E-state index in [0.29, 0.717) is 18.6 Å². The summed E-state index contributed by atoms with van der Waals surface area (Å²) in [6.45, 7) is 6.86. The molecule has 0 radical (unpaired) electrons. The Hall–Kier alpha value is -0.950. The molecule has 0 fully saturated rings. The van der Waals surface area contributed by atoms with Crippen LogP contribution in [0.1, 0.15) is 40.5 Å². The Morgan fingerprint density at radius 2 is 1.80 bits per heavy atom. The summed E-state index contributed by atoms with van der Waals surface area (Å²) >= 11 is 1.55. The number of alkyl carbamates (subject to hydrolysis) is 1. The molecule has 0 aromatic heterocycles. The van der Waals surface area contributed by atoms with Gasteiger partial charge in [0.1, 0.15) is 11.6 Å². The highest BCUT2D eigenvalue weighted by atomic mass is 32.2. The van der Waals surface area contributed by atoms with E-state index in [1.165, 1.54) is 0 Å². The lowest BCUT2D eigenvalue weighted by Gasteiger charge is -2.22. The molecule has 7 heteroatoms. The van der Waals surface area contributed by atoms with Crippen molar-refractivity contribution in [3.8, 4) is 0 Å². The number of thioether (sulfide) groups is 1. The fourth-order valence-corrected chi connectivity index (χ4v) is 2.38. The van der Waals surface area contributed by atoms with Gasteiger partial charge >= 0.3 is 12.1 Å². The van der Waals surface area contributed by atoms with E-state index in [0.717, 1.165) is 5.75 Å². The molecule has 0 heterocycles. The van der Waals surface area contributed by atoms with Crippen molar-refractivity contribution in [1.82, 2.24) is 5.32 Å². The molecule has 0 rings (SSSR count). The lowest BCUT2D eigenvalue weighted by atomic mass is 10.2. The summed E-state index contributed by atoms with van der Waals surface area (Å²) in [7, 11) is 0. The second-order valence-corrected chi connectivity index (χ2v) is 6.80. The molecule has 0 aromatic carbocycles. The van der Waals surface area contributed by atoms with Crippen LogP contribution in [0.4, 0.5) is 4.79 Å². The molecule has 2 atom stereocenters. The molecule has 1 amide bonds. The minimum atomic E-state index is -1.08. The van der Waals surface area contributed by atoms with E-state index in [2.05, 4.69) is 5.32 Å².